The first kappa shape index (κ1) is 16.2. The van der Waals surface area contributed by atoms with E-state index < -0.39 is 11.7 Å². The minimum absolute atomic E-state index is 0.0496. The number of aromatic nitrogens is 2. The Balaban J connectivity index is 1.67. The number of rotatable bonds is 2. The van der Waals surface area contributed by atoms with Crippen LogP contribution in [0, 0.1) is 0 Å². The number of carbonyl (C=O) groups is 1. The Morgan fingerprint density at radius 2 is 1.96 bits per heavy atom. The molecule has 2 aromatic rings. The van der Waals surface area contributed by atoms with Gasteiger partial charge in [-0.2, -0.15) is 13.2 Å². The summed E-state index contributed by atoms with van der Waals surface area (Å²) in [5, 5.41) is 0. The number of carbonyl (C=O) groups excluding carboxylic acids is 1. The van der Waals surface area contributed by atoms with Gasteiger partial charge in [-0.25, -0.2) is 9.97 Å². The Morgan fingerprint density at radius 3 is 2.62 bits per heavy atom. The number of amides is 1. The molecule has 0 aliphatic carbocycles. The van der Waals surface area contributed by atoms with Gasteiger partial charge in [0, 0.05) is 12.7 Å². The number of nitrogens with two attached hydrogens (primary N) is 1. The van der Waals surface area contributed by atoms with E-state index in [-0.39, 0.29) is 18.3 Å². The van der Waals surface area contributed by atoms with E-state index in [0.717, 1.165) is 23.4 Å². The van der Waals surface area contributed by atoms with Crippen LogP contribution in [0.25, 0.3) is 0 Å². The van der Waals surface area contributed by atoms with Gasteiger partial charge >= 0.3 is 6.18 Å². The van der Waals surface area contributed by atoms with Gasteiger partial charge in [0.05, 0.1) is 24.2 Å². The molecule has 0 saturated carbocycles. The zero-order valence-corrected chi connectivity index (χ0v) is 12.7. The summed E-state index contributed by atoms with van der Waals surface area (Å²) in [6, 6.07) is 4.64. The van der Waals surface area contributed by atoms with Crippen molar-refractivity contribution in [3.05, 3.63) is 52.8 Å². The van der Waals surface area contributed by atoms with Gasteiger partial charge in [0.2, 0.25) is 11.9 Å². The molecule has 1 aromatic heterocycles. The number of hydrogen-bond donors (Lipinski definition) is 1. The lowest BCUT2D eigenvalue weighted by molar-refractivity contribution is -0.137. The molecule has 5 nitrogen and oxygen atoms in total. The first-order valence-corrected chi connectivity index (χ1v) is 7.37. The maximum absolute atomic E-state index is 12.5. The Labute approximate surface area is 136 Å². The SMILES string of the molecule is Nc1ncc2c(n1)CN(C(=O)Cc1ccc(C(F)(F)F)cc1)CC2. The summed E-state index contributed by atoms with van der Waals surface area (Å²) in [7, 11) is 0. The summed E-state index contributed by atoms with van der Waals surface area (Å²) < 4.78 is 37.6. The minimum atomic E-state index is -4.38. The largest absolute Gasteiger partial charge is 0.416 e. The Bertz CT molecular complexity index is 759. The molecule has 0 atom stereocenters. The van der Waals surface area contributed by atoms with E-state index >= 15 is 0 Å². The van der Waals surface area contributed by atoms with Crippen LogP contribution < -0.4 is 5.73 Å². The minimum Gasteiger partial charge on any atom is -0.368 e. The zero-order chi connectivity index (χ0) is 17.3. The summed E-state index contributed by atoms with van der Waals surface area (Å²) in [5.74, 6) is 0.00313. The highest BCUT2D eigenvalue weighted by molar-refractivity contribution is 5.79. The van der Waals surface area contributed by atoms with Crippen molar-refractivity contribution in [2.75, 3.05) is 12.3 Å². The molecule has 0 saturated heterocycles. The van der Waals surface area contributed by atoms with Gasteiger partial charge in [-0.1, -0.05) is 12.1 Å². The fourth-order valence-electron chi connectivity index (χ4n) is 2.63. The second-order valence-corrected chi connectivity index (χ2v) is 5.64. The second kappa shape index (κ2) is 6.10. The van der Waals surface area contributed by atoms with Crippen molar-refractivity contribution >= 4 is 11.9 Å². The molecule has 2 heterocycles. The summed E-state index contributed by atoms with van der Waals surface area (Å²) >= 11 is 0. The lowest BCUT2D eigenvalue weighted by Crippen LogP contribution is -2.37. The number of nitrogens with zero attached hydrogens (tertiary/aromatic N) is 3. The van der Waals surface area contributed by atoms with E-state index in [9.17, 15) is 18.0 Å². The van der Waals surface area contributed by atoms with E-state index in [1.807, 2.05) is 0 Å². The predicted molar refractivity (Wildman–Crippen MR) is 80.7 cm³/mol. The standard InChI is InChI=1S/C16H15F3N4O/c17-16(18,19)12-3-1-10(2-4-12)7-14(24)23-6-5-11-8-21-15(20)22-13(11)9-23/h1-4,8H,5-7,9H2,(H2,20,21,22). The molecule has 0 bridgehead atoms. The monoisotopic (exact) mass is 336 g/mol. The molecule has 126 valence electrons. The van der Waals surface area contributed by atoms with Crippen molar-refractivity contribution in [2.24, 2.45) is 0 Å². The quantitative estimate of drug-likeness (QED) is 0.913. The molecule has 1 aliphatic rings. The van der Waals surface area contributed by atoms with E-state index in [4.69, 9.17) is 5.73 Å². The molecule has 3 rings (SSSR count). The summed E-state index contributed by atoms with van der Waals surface area (Å²) in [4.78, 5) is 22.1. The Hall–Kier alpha value is -2.64. The highest BCUT2D eigenvalue weighted by atomic mass is 19.4. The molecule has 2 N–H and O–H groups in total. The highest BCUT2D eigenvalue weighted by Gasteiger charge is 2.30. The van der Waals surface area contributed by atoms with Gasteiger partial charge in [-0.3, -0.25) is 4.79 Å². The van der Waals surface area contributed by atoms with E-state index in [2.05, 4.69) is 9.97 Å². The average Bonchev–Trinajstić information content (AvgIpc) is 2.53. The topological polar surface area (TPSA) is 72.1 Å². The normalized spacial score (nSPS) is 14.4. The zero-order valence-electron chi connectivity index (χ0n) is 12.7. The van der Waals surface area contributed by atoms with Crippen molar-refractivity contribution in [1.29, 1.82) is 0 Å². The van der Waals surface area contributed by atoms with Gasteiger partial charge in [0.25, 0.3) is 0 Å². The lowest BCUT2D eigenvalue weighted by atomic mass is 10.0. The second-order valence-electron chi connectivity index (χ2n) is 5.64. The summed E-state index contributed by atoms with van der Waals surface area (Å²) in [6.07, 6.45) is -2.03. The number of anilines is 1. The van der Waals surface area contributed by atoms with Crippen LogP contribution in [-0.2, 0) is 30.4 Å². The van der Waals surface area contributed by atoms with Crippen molar-refractivity contribution in [3.63, 3.8) is 0 Å². The van der Waals surface area contributed by atoms with Crippen molar-refractivity contribution in [2.45, 2.75) is 25.6 Å². The fourth-order valence-corrected chi connectivity index (χ4v) is 2.63. The van der Waals surface area contributed by atoms with E-state index in [0.29, 0.717) is 25.1 Å². The number of fused-ring (bicyclic) bond motifs is 1. The average molecular weight is 336 g/mol. The third kappa shape index (κ3) is 3.47. The maximum Gasteiger partial charge on any atom is 0.416 e. The first-order valence-electron chi connectivity index (χ1n) is 7.37. The van der Waals surface area contributed by atoms with E-state index in [1.54, 1.807) is 11.1 Å². The van der Waals surface area contributed by atoms with Crippen LogP contribution in [0.5, 0.6) is 0 Å². The van der Waals surface area contributed by atoms with Gasteiger partial charge in [0.15, 0.2) is 0 Å². The van der Waals surface area contributed by atoms with Crippen molar-refractivity contribution in [1.82, 2.24) is 14.9 Å². The van der Waals surface area contributed by atoms with Crippen LogP contribution >= 0.6 is 0 Å². The number of alkyl halides is 3. The fraction of sp³-hybridized carbons (Fsp3) is 0.312. The van der Waals surface area contributed by atoms with Gasteiger partial charge in [-0.05, 0) is 29.7 Å². The smallest absolute Gasteiger partial charge is 0.368 e. The molecule has 1 amide bonds. The first-order chi connectivity index (χ1) is 11.3. The molecular formula is C16H15F3N4O. The number of hydrogen-bond acceptors (Lipinski definition) is 4. The van der Waals surface area contributed by atoms with Crippen LogP contribution in [0.15, 0.2) is 30.5 Å². The third-order valence-electron chi connectivity index (χ3n) is 3.95. The maximum atomic E-state index is 12.5. The summed E-state index contributed by atoms with van der Waals surface area (Å²) in [6.45, 7) is 0.862. The van der Waals surface area contributed by atoms with Crippen LogP contribution in [0.4, 0.5) is 19.1 Å². The van der Waals surface area contributed by atoms with E-state index in [1.165, 1.54) is 12.1 Å². The van der Waals surface area contributed by atoms with Crippen molar-refractivity contribution in [3.8, 4) is 0 Å². The highest BCUT2D eigenvalue weighted by Crippen LogP contribution is 2.29. The van der Waals surface area contributed by atoms with Crippen LogP contribution in [0.1, 0.15) is 22.4 Å². The molecule has 1 aromatic carbocycles. The van der Waals surface area contributed by atoms with Gasteiger partial charge in [-0.15, -0.1) is 0 Å². The molecule has 8 heteroatoms. The Kier molecular flexibility index (Phi) is 4.13. The number of benzene rings is 1. The van der Waals surface area contributed by atoms with Crippen LogP contribution in [0.3, 0.4) is 0 Å². The molecule has 0 radical (unpaired) electrons. The number of halogens is 3. The van der Waals surface area contributed by atoms with Crippen LogP contribution in [0.2, 0.25) is 0 Å². The molecule has 0 unspecified atom stereocenters. The summed E-state index contributed by atoms with van der Waals surface area (Å²) in [5.41, 5.74) is 7.06. The molecule has 0 spiro atoms. The van der Waals surface area contributed by atoms with Crippen LogP contribution in [-0.4, -0.2) is 27.3 Å². The third-order valence-corrected chi connectivity index (χ3v) is 3.95. The molecule has 24 heavy (non-hydrogen) atoms. The van der Waals surface area contributed by atoms with Gasteiger partial charge in [0.1, 0.15) is 0 Å². The van der Waals surface area contributed by atoms with Crippen molar-refractivity contribution < 1.29 is 18.0 Å². The predicted octanol–water partition coefficient (Wildman–Crippen LogP) is 2.21. The molecule has 0 fully saturated rings. The molecule has 1 aliphatic heterocycles. The lowest BCUT2D eigenvalue weighted by Gasteiger charge is -2.28. The molecular weight excluding hydrogens is 321 g/mol. The Morgan fingerprint density at radius 1 is 1.25 bits per heavy atom. The number of nitrogen functional groups attached to an aromatic ring is 1. The van der Waals surface area contributed by atoms with Gasteiger partial charge < -0.3 is 10.6 Å².